The molecular weight excluding hydrogens is 370 g/mol. The Morgan fingerprint density at radius 3 is 2.54 bits per heavy atom. The summed E-state index contributed by atoms with van der Waals surface area (Å²) in [6, 6.07) is 18.0. The molecule has 0 unspecified atom stereocenters. The van der Waals surface area contributed by atoms with Gasteiger partial charge in [-0.25, -0.2) is 4.98 Å². The highest BCUT2D eigenvalue weighted by molar-refractivity contribution is 7.99. The lowest BCUT2D eigenvalue weighted by Crippen LogP contribution is -2.14. The summed E-state index contributed by atoms with van der Waals surface area (Å²) < 4.78 is 5.22. The van der Waals surface area contributed by atoms with E-state index in [1.807, 2.05) is 44.2 Å². The van der Waals surface area contributed by atoms with Crippen molar-refractivity contribution in [3.05, 3.63) is 77.1 Å². The SMILES string of the molecule is Cc1cc(C(=O)Nc2ccc(Sc3ccccc3)cc2C)c2c(C)noc2n1. The zero-order chi connectivity index (χ0) is 19.7. The minimum absolute atomic E-state index is 0.201. The van der Waals surface area contributed by atoms with Gasteiger partial charge in [-0.05, 0) is 62.7 Å². The van der Waals surface area contributed by atoms with E-state index in [1.165, 1.54) is 4.90 Å². The van der Waals surface area contributed by atoms with Crippen LogP contribution in [0.4, 0.5) is 5.69 Å². The van der Waals surface area contributed by atoms with Gasteiger partial charge in [0, 0.05) is 21.2 Å². The van der Waals surface area contributed by atoms with Crippen LogP contribution >= 0.6 is 11.8 Å². The Balaban J connectivity index is 1.59. The minimum atomic E-state index is -0.201. The fourth-order valence-corrected chi connectivity index (χ4v) is 3.99. The molecule has 0 atom stereocenters. The minimum Gasteiger partial charge on any atom is -0.336 e. The molecule has 0 aliphatic heterocycles. The molecule has 4 aromatic rings. The van der Waals surface area contributed by atoms with E-state index in [-0.39, 0.29) is 5.91 Å². The first kappa shape index (κ1) is 18.3. The van der Waals surface area contributed by atoms with E-state index in [0.29, 0.717) is 28.1 Å². The quantitative estimate of drug-likeness (QED) is 0.495. The first-order valence-corrected chi connectivity index (χ1v) is 9.71. The van der Waals surface area contributed by atoms with E-state index in [9.17, 15) is 4.79 Å². The maximum Gasteiger partial charge on any atom is 0.258 e. The molecule has 0 spiro atoms. The summed E-state index contributed by atoms with van der Waals surface area (Å²) in [6.45, 7) is 5.62. The second kappa shape index (κ2) is 7.48. The van der Waals surface area contributed by atoms with Crippen molar-refractivity contribution < 1.29 is 9.32 Å². The monoisotopic (exact) mass is 389 g/mol. The van der Waals surface area contributed by atoms with Crippen LogP contribution in [-0.2, 0) is 0 Å². The highest BCUT2D eigenvalue weighted by Crippen LogP contribution is 2.30. The smallest absolute Gasteiger partial charge is 0.258 e. The van der Waals surface area contributed by atoms with Crippen LogP contribution in [0, 0.1) is 20.8 Å². The van der Waals surface area contributed by atoms with Gasteiger partial charge < -0.3 is 9.84 Å². The molecule has 0 aliphatic carbocycles. The van der Waals surface area contributed by atoms with Crippen molar-refractivity contribution in [1.82, 2.24) is 10.1 Å². The molecule has 0 bridgehead atoms. The Hall–Kier alpha value is -3.12. The number of hydrogen-bond acceptors (Lipinski definition) is 5. The van der Waals surface area contributed by atoms with Gasteiger partial charge in [-0.2, -0.15) is 0 Å². The average molecular weight is 389 g/mol. The number of amides is 1. The molecule has 0 saturated carbocycles. The maximum atomic E-state index is 12.9. The van der Waals surface area contributed by atoms with Crippen LogP contribution in [0.1, 0.15) is 27.3 Å². The van der Waals surface area contributed by atoms with Crippen molar-refractivity contribution in [1.29, 1.82) is 0 Å². The fraction of sp³-hybridized carbons (Fsp3) is 0.136. The Bertz CT molecular complexity index is 1170. The summed E-state index contributed by atoms with van der Waals surface area (Å²) in [5.74, 6) is -0.201. The van der Waals surface area contributed by atoms with Gasteiger partial charge in [0.2, 0.25) is 0 Å². The summed E-state index contributed by atoms with van der Waals surface area (Å²) in [5.41, 5.74) is 4.04. The van der Waals surface area contributed by atoms with Crippen LogP contribution in [0.25, 0.3) is 11.1 Å². The Morgan fingerprint density at radius 1 is 1.00 bits per heavy atom. The van der Waals surface area contributed by atoms with E-state index in [4.69, 9.17) is 4.52 Å². The molecule has 2 heterocycles. The number of pyridine rings is 1. The van der Waals surface area contributed by atoms with Gasteiger partial charge in [0.25, 0.3) is 11.6 Å². The molecular formula is C22H19N3O2S. The predicted octanol–water partition coefficient (Wildman–Crippen LogP) is 5.55. The predicted molar refractivity (Wildman–Crippen MR) is 111 cm³/mol. The molecule has 1 N–H and O–H groups in total. The van der Waals surface area contributed by atoms with Gasteiger partial charge in [0.15, 0.2) is 0 Å². The molecule has 0 fully saturated rings. The Morgan fingerprint density at radius 2 is 1.79 bits per heavy atom. The topological polar surface area (TPSA) is 68.0 Å². The average Bonchev–Trinajstić information content (AvgIpc) is 3.04. The van der Waals surface area contributed by atoms with Crippen molar-refractivity contribution in [3.8, 4) is 0 Å². The zero-order valence-corrected chi connectivity index (χ0v) is 16.6. The van der Waals surface area contributed by atoms with Gasteiger partial charge in [0.1, 0.15) is 0 Å². The van der Waals surface area contributed by atoms with Gasteiger partial charge in [-0.3, -0.25) is 4.79 Å². The van der Waals surface area contributed by atoms with Gasteiger partial charge >= 0.3 is 0 Å². The molecule has 0 saturated heterocycles. The van der Waals surface area contributed by atoms with Crippen molar-refractivity contribution in [2.24, 2.45) is 0 Å². The summed E-state index contributed by atoms with van der Waals surface area (Å²) in [6.07, 6.45) is 0. The third-order valence-corrected chi connectivity index (χ3v) is 5.41. The number of carbonyl (C=O) groups is 1. The standard InChI is InChI=1S/C22H19N3O2S/c1-13-11-17(28-16-7-5-4-6-8-16)9-10-19(13)24-21(26)18-12-14(2)23-22-20(18)15(3)25-27-22/h4-12H,1-3H3,(H,24,26). The molecule has 1 amide bonds. The Labute approximate surface area is 167 Å². The number of hydrogen-bond donors (Lipinski definition) is 1. The summed E-state index contributed by atoms with van der Waals surface area (Å²) in [4.78, 5) is 19.5. The molecule has 28 heavy (non-hydrogen) atoms. The molecule has 2 aromatic carbocycles. The lowest BCUT2D eigenvalue weighted by atomic mass is 10.1. The van der Waals surface area contributed by atoms with Crippen LogP contribution < -0.4 is 5.32 Å². The van der Waals surface area contributed by atoms with E-state index in [1.54, 1.807) is 24.8 Å². The van der Waals surface area contributed by atoms with Crippen molar-refractivity contribution in [2.75, 3.05) is 5.32 Å². The van der Waals surface area contributed by atoms with Gasteiger partial charge in [-0.15, -0.1) is 0 Å². The first-order chi connectivity index (χ1) is 13.5. The van der Waals surface area contributed by atoms with E-state index in [0.717, 1.165) is 16.1 Å². The maximum absolute atomic E-state index is 12.9. The molecule has 0 radical (unpaired) electrons. The molecule has 140 valence electrons. The van der Waals surface area contributed by atoms with Gasteiger partial charge in [-0.1, -0.05) is 35.1 Å². The number of aryl methyl sites for hydroxylation is 3. The van der Waals surface area contributed by atoms with Crippen LogP contribution in [0.2, 0.25) is 0 Å². The van der Waals surface area contributed by atoms with Crippen LogP contribution in [0.15, 0.2) is 68.9 Å². The number of benzene rings is 2. The fourth-order valence-electron chi connectivity index (χ4n) is 3.05. The first-order valence-electron chi connectivity index (χ1n) is 8.90. The lowest BCUT2D eigenvalue weighted by molar-refractivity contribution is 0.102. The number of rotatable bonds is 4. The highest BCUT2D eigenvalue weighted by atomic mass is 32.2. The van der Waals surface area contributed by atoms with Crippen molar-refractivity contribution in [2.45, 2.75) is 30.6 Å². The van der Waals surface area contributed by atoms with Crippen molar-refractivity contribution in [3.63, 3.8) is 0 Å². The van der Waals surface area contributed by atoms with Crippen LogP contribution in [-0.4, -0.2) is 16.0 Å². The second-order valence-electron chi connectivity index (χ2n) is 6.61. The number of aromatic nitrogens is 2. The number of anilines is 1. The second-order valence-corrected chi connectivity index (χ2v) is 7.75. The van der Waals surface area contributed by atoms with E-state index in [2.05, 4.69) is 33.7 Å². The molecule has 6 heteroatoms. The summed E-state index contributed by atoms with van der Waals surface area (Å²) in [7, 11) is 0. The van der Waals surface area contributed by atoms with E-state index >= 15 is 0 Å². The summed E-state index contributed by atoms with van der Waals surface area (Å²) >= 11 is 1.69. The molecule has 5 nitrogen and oxygen atoms in total. The third-order valence-electron chi connectivity index (χ3n) is 4.41. The van der Waals surface area contributed by atoms with Crippen LogP contribution in [0.5, 0.6) is 0 Å². The molecule has 4 rings (SSSR count). The van der Waals surface area contributed by atoms with E-state index < -0.39 is 0 Å². The normalized spacial score (nSPS) is 11.0. The van der Waals surface area contributed by atoms with Gasteiger partial charge in [0.05, 0.1) is 16.6 Å². The molecule has 0 aliphatic rings. The number of carbonyl (C=O) groups excluding carboxylic acids is 1. The highest BCUT2D eigenvalue weighted by Gasteiger charge is 2.18. The largest absolute Gasteiger partial charge is 0.336 e. The molecule has 2 aromatic heterocycles. The number of nitrogens with zero attached hydrogens (tertiary/aromatic N) is 2. The summed E-state index contributed by atoms with van der Waals surface area (Å²) in [5, 5.41) is 7.59. The lowest BCUT2D eigenvalue weighted by Gasteiger charge is -2.11. The third kappa shape index (κ3) is 3.64. The van der Waals surface area contributed by atoms with Crippen LogP contribution in [0.3, 0.4) is 0 Å². The Kier molecular flexibility index (Phi) is 4.88. The zero-order valence-electron chi connectivity index (χ0n) is 15.8. The number of fused-ring (bicyclic) bond motifs is 1. The van der Waals surface area contributed by atoms with Crippen molar-refractivity contribution >= 4 is 34.5 Å². The number of nitrogens with one attached hydrogen (secondary N) is 1.